The summed E-state index contributed by atoms with van der Waals surface area (Å²) in [5, 5.41) is 4.16. The summed E-state index contributed by atoms with van der Waals surface area (Å²) in [6, 6.07) is 22.0. The topological polar surface area (TPSA) is 54.3 Å². The van der Waals surface area contributed by atoms with E-state index in [2.05, 4.69) is 22.9 Å². The first-order valence-corrected chi connectivity index (χ1v) is 16.2. The van der Waals surface area contributed by atoms with E-state index in [1.165, 1.54) is 24.1 Å². The minimum atomic E-state index is -1.17. The molecule has 2 aromatic carbocycles. The van der Waals surface area contributed by atoms with Crippen LogP contribution < -0.4 is 5.32 Å². The van der Waals surface area contributed by atoms with Crippen molar-refractivity contribution in [1.82, 2.24) is 14.8 Å². The zero-order valence-electron chi connectivity index (χ0n) is 23.7. The Bertz CT molecular complexity index is 1520. The highest BCUT2D eigenvalue weighted by molar-refractivity contribution is 7.19. The summed E-state index contributed by atoms with van der Waals surface area (Å²) in [6.07, 6.45) is 9.49. The Hall–Kier alpha value is -3.09. The van der Waals surface area contributed by atoms with E-state index in [1.54, 1.807) is 11.3 Å². The van der Waals surface area contributed by atoms with Crippen LogP contribution >= 0.6 is 22.9 Å². The lowest BCUT2D eigenvalue weighted by molar-refractivity contribution is -0.135. The molecule has 6 rings (SSSR count). The third kappa shape index (κ3) is 5.44. The molecule has 3 heterocycles. The average Bonchev–Trinajstić information content (AvgIpc) is 3.53. The number of aryl methyl sites for hydroxylation is 1. The monoisotopic (exact) mass is 587 g/mol. The summed E-state index contributed by atoms with van der Waals surface area (Å²) in [5.74, 6) is -0.166. The van der Waals surface area contributed by atoms with Gasteiger partial charge in [0, 0.05) is 22.5 Å². The molecule has 7 heteroatoms. The SMILES string of the molecule is CCc1cc2c(cc3n2CC(C(=O)NC2CCCCCCC2)(c2ccccc2)N(CCc2ccc(Cl)cc2)C3=O)s1. The molecular formula is C34H38ClN3O2S. The lowest BCUT2D eigenvalue weighted by atomic mass is 9.83. The standard InChI is InChI=1S/C34H38ClN3O2S/c1-2-28-21-29-31(41-28)22-30-32(39)38(20-19-24-15-17-26(35)18-16-24)34(23-37(29)30,25-11-7-6-8-12-25)33(40)36-27-13-9-4-3-5-10-14-27/h6-8,11-12,15-18,21-22,27H,2-5,9-10,13-14,19-20,23H2,1H3,(H,36,40). The maximum atomic E-state index is 14.8. The van der Waals surface area contributed by atoms with E-state index >= 15 is 0 Å². The Balaban J connectivity index is 1.46. The molecule has 2 aromatic heterocycles. The second-order valence-electron chi connectivity index (χ2n) is 11.5. The van der Waals surface area contributed by atoms with Gasteiger partial charge in [0.15, 0.2) is 5.54 Å². The molecular weight excluding hydrogens is 550 g/mol. The Labute approximate surface area is 251 Å². The number of hydrogen-bond donors (Lipinski definition) is 1. The minimum absolute atomic E-state index is 0.0721. The first-order valence-electron chi connectivity index (χ1n) is 15.0. The molecule has 1 unspecified atom stereocenters. The summed E-state index contributed by atoms with van der Waals surface area (Å²) >= 11 is 7.89. The van der Waals surface area contributed by atoms with Gasteiger partial charge in [0.25, 0.3) is 11.8 Å². The molecule has 4 aromatic rings. The first kappa shape index (κ1) is 28.0. The molecule has 2 aliphatic rings. The van der Waals surface area contributed by atoms with Crippen LogP contribution in [0.25, 0.3) is 10.2 Å². The second kappa shape index (κ2) is 12.0. The molecule has 0 spiro atoms. The van der Waals surface area contributed by atoms with E-state index in [9.17, 15) is 9.59 Å². The number of nitrogens with one attached hydrogen (secondary N) is 1. The van der Waals surface area contributed by atoms with E-state index < -0.39 is 5.54 Å². The highest BCUT2D eigenvalue weighted by Crippen LogP contribution is 2.41. The largest absolute Gasteiger partial charge is 0.351 e. The Kier molecular flexibility index (Phi) is 8.23. The highest BCUT2D eigenvalue weighted by Gasteiger charge is 2.52. The third-order valence-corrected chi connectivity index (χ3v) is 10.4. The van der Waals surface area contributed by atoms with Crippen LogP contribution in [-0.2, 0) is 29.7 Å². The van der Waals surface area contributed by atoms with Gasteiger partial charge in [-0.15, -0.1) is 11.3 Å². The zero-order chi connectivity index (χ0) is 28.4. The Morgan fingerprint density at radius 1 is 1.00 bits per heavy atom. The van der Waals surface area contributed by atoms with E-state index in [1.807, 2.05) is 65.6 Å². The van der Waals surface area contributed by atoms with Gasteiger partial charge in [-0.2, -0.15) is 0 Å². The van der Waals surface area contributed by atoms with Crippen molar-refractivity contribution < 1.29 is 9.59 Å². The number of carbonyl (C=O) groups excluding carboxylic acids is 2. The first-order chi connectivity index (χ1) is 20.0. The number of rotatable bonds is 7. The predicted octanol–water partition coefficient (Wildman–Crippen LogP) is 7.74. The number of halogens is 1. The van der Waals surface area contributed by atoms with Gasteiger partial charge in [-0.1, -0.05) is 93.1 Å². The average molecular weight is 588 g/mol. The van der Waals surface area contributed by atoms with Crippen LogP contribution in [0.2, 0.25) is 5.02 Å². The van der Waals surface area contributed by atoms with Crippen molar-refractivity contribution in [2.45, 2.75) is 82.8 Å². The number of benzene rings is 2. The van der Waals surface area contributed by atoms with Crippen molar-refractivity contribution in [1.29, 1.82) is 0 Å². The fourth-order valence-electron chi connectivity index (χ4n) is 6.62. The van der Waals surface area contributed by atoms with Gasteiger partial charge in [0.2, 0.25) is 0 Å². The van der Waals surface area contributed by atoms with Gasteiger partial charge in [0.1, 0.15) is 5.69 Å². The van der Waals surface area contributed by atoms with E-state index in [-0.39, 0.29) is 17.9 Å². The van der Waals surface area contributed by atoms with E-state index in [4.69, 9.17) is 11.6 Å². The van der Waals surface area contributed by atoms with Gasteiger partial charge >= 0.3 is 0 Å². The van der Waals surface area contributed by atoms with Crippen molar-refractivity contribution in [2.75, 3.05) is 6.54 Å². The molecule has 1 saturated carbocycles. The van der Waals surface area contributed by atoms with Crippen LogP contribution in [0.4, 0.5) is 0 Å². The third-order valence-electron chi connectivity index (χ3n) is 8.91. The molecule has 5 nitrogen and oxygen atoms in total. The van der Waals surface area contributed by atoms with Crippen molar-refractivity contribution in [3.05, 3.63) is 93.5 Å². The normalized spacial score (nSPS) is 20.0. The van der Waals surface area contributed by atoms with Gasteiger partial charge < -0.3 is 14.8 Å². The van der Waals surface area contributed by atoms with Crippen molar-refractivity contribution in [2.24, 2.45) is 0 Å². The molecule has 1 aliphatic carbocycles. The van der Waals surface area contributed by atoms with Gasteiger partial charge in [0.05, 0.1) is 16.8 Å². The molecule has 41 heavy (non-hydrogen) atoms. The van der Waals surface area contributed by atoms with Crippen molar-refractivity contribution in [3.63, 3.8) is 0 Å². The van der Waals surface area contributed by atoms with Crippen LogP contribution in [0.15, 0.2) is 66.7 Å². The number of carbonyl (C=O) groups is 2. The zero-order valence-corrected chi connectivity index (χ0v) is 25.3. The van der Waals surface area contributed by atoms with Crippen LogP contribution in [0.3, 0.4) is 0 Å². The fourth-order valence-corrected chi connectivity index (χ4v) is 7.78. The molecule has 1 N–H and O–H groups in total. The fraction of sp³-hybridized carbons (Fsp3) is 0.412. The molecule has 1 atom stereocenters. The van der Waals surface area contributed by atoms with Gasteiger partial charge in [-0.25, -0.2) is 0 Å². The maximum Gasteiger partial charge on any atom is 0.271 e. The number of hydrogen-bond acceptors (Lipinski definition) is 3. The number of aromatic nitrogens is 1. The lowest BCUT2D eigenvalue weighted by Crippen LogP contribution is -2.64. The molecule has 0 saturated heterocycles. The van der Waals surface area contributed by atoms with Crippen molar-refractivity contribution in [3.8, 4) is 0 Å². The Morgan fingerprint density at radius 2 is 1.71 bits per heavy atom. The number of amides is 2. The van der Waals surface area contributed by atoms with E-state index in [0.717, 1.165) is 53.4 Å². The highest BCUT2D eigenvalue weighted by atomic mass is 35.5. The molecule has 0 radical (unpaired) electrons. The smallest absolute Gasteiger partial charge is 0.271 e. The van der Waals surface area contributed by atoms with Gasteiger partial charge in [-0.05, 0) is 61.1 Å². The van der Waals surface area contributed by atoms with Crippen molar-refractivity contribution >= 4 is 45.0 Å². The maximum absolute atomic E-state index is 14.8. The number of nitrogens with zero attached hydrogens (tertiary/aromatic N) is 2. The summed E-state index contributed by atoms with van der Waals surface area (Å²) in [5.41, 5.74) is 2.48. The lowest BCUT2D eigenvalue weighted by Gasteiger charge is -2.47. The summed E-state index contributed by atoms with van der Waals surface area (Å²) in [4.78, 5) is 32.4. The number of fused-ring (bicyclic) bond motifs is 3. The molecule has 1 fully saturated rings. The molecule has 2 amide bonds. The van der Waals surface area contributed by atoms with Gasteiger partial charge in [-0.3, -0.25) is 9.59 Å². The minimum Gasteiger partial charge on any atom is -0.351 e. The molecule has 1 aliphatic heterocycles. The van der Waals surface area contributed by atoms with Crippen LogP contribution in [0.1, 0.15) is 78.4 Å². The summed E-state index contributed by atoms with van der Waals surface area (Å²) in [6.45, 7) is 2.97. The predicted molar refractivity (Wildman–Crippen MR) is 168 cm³/mol. The van der Waals surface area contributed by atoms with Crippen LogP contribution in [0, 0.1) is 0 Å². The summed E-state index contributed by atoms with van der Waals surface area (Å²) < 4.78 is 3.21. The molecule has 0 bridgehead atoms. The van der Waals surface area contributed by atoms with Crippen LogP contribution in [-0.4, -0.2) is 33.9 Å². The van der Waals surface area contributed by atoms with Crippen LogP contribution in [0.5, 0.6) is 0 Å². The Morgan fingerprint density at radius 3 is 2.41 bits per heavy atom. The molecule has 214 valence electrons. The number of thiophene rings is 1. The quantitative estimate of drug-likeness (QED) is 0.240. The van der Waals surface area contributed by atoms with E-state index in [0.29, 0.717) is 30.2 Å². The second-order valence-corrected chi connectivity index (χ2v) is 13.1. The summed E-state index contributed by atoms with van der Waals surface area (Å²) in [7, 11) is 0.